The first kappa shape index (κ1) is 53.1. The lowest BCUT2D eigenvalue weighted by atomic mass is 9.75. The molecular weight excluding hydrogens is 867 g/mol. The van der Waals surface area contributed by atoms with Gasteiger partial charge in [-0.25, -0.2) is 0 Å². The van der Waals surface area contributed by atoms with Crippen molar-refractivity contribution in [2.45, 2.75) is 216 Å². The van der Waals surface area contributed by atoms with E-state index >= 15 is 0 Å². The van der Waals surface area contributed by atoms with Crippen LogP contribution >= 0.6 is 16.8 Å². The van der Waals surface area contributed by atoms with Crippen LogP contribution in [-0.4, -0.2) is 13.2 Å². The van der Waals surface area contributed by atoms with Gasteiger partial charge < -0.3 is 26.5 Å². The minimum Gasteiger partial charge on any atom is -0.426 e. The van der Waals surface area contributed by atoms with Gasteiger partial charge in [0.15, 0.2) is 0 Å². The van der Waals surface area contributed by atoms with Crippen molar-refractivity contribution in [2.75, 3.05) is 13.2 Å². The second kappa shape index (κ2) is 17.8. The van der Waals surface area contributed by atoms with Gasteiger partial charge in [-0.3, -0.25) is 0 Å². The fraction of sp³-hybridized carbons (Fsp3) is 0.593. The van der Waals surface area contributed by atoms with E-state index in [1.165, 1.54) is 22.3 Å². The number of hydrogen-bond donors (Lipinski definition) is 0. The molecule has 2 heterocycles. The third-order valence-corrected chi connectivity index (χ3v) is 15.1. The molecule has 0 bridgehead atoms. The van der Waals surface area contributed by atoms with Crippen molar-refractivity contribution in [3.63, 3.8) is 0 Å². The molecule has 67 heavy (non-hydrogen) atoms. The molecule has 0 radical (unpaired) electrons. The highest BCUT2D eigenvalue weighted by Gasteiger charge is 2.36. The van der Waals surface area contributed by atoms with Crippen LogP contribution in [0.25, 0.3) is 33.1 Å². The molecule has 0 aliphatic carbocycles. The van der Waals surface area contributed by atoms with Gasteiger partial charge in [0.1, 0.15) is 22.7 Å². The van der Waals surface area contributed by atoms with Gasteiger partial charge in [-0.05, 0) is 96.3 Å². The predicted octanol–water partition coefficient (Wildman–Crippen LogP) is 19.2. The summed E-state index contributed by atoms with van der Waals surface area (Å²) in [6, 6.07) is 18.7. The van der Waals surface area contributed by atoms with Crippen molar-refractivity contribution < 1.29 is 26.5 Å². The zero-order chi connectivity index (χ0) is 50.4. The van der Waals surface area contributed by atoms with Crippen molar-refractivity contribution in [1.82, 2.24) is 0 Å². The van der Waals surface area contributed by atoms with Crippen LogP contribution in [0.3, 0.4) is 0 Å². The number of hydrogen-bond acceptors (Lipinski definition) is 6. The van der Waals surface area contributed by atoms with Gasteiger partial charge in [0.25, 0.3) is 0 Å². The predicted molar refractivity (Wildman–Crippen MR) is 288 cm³/mol. The highest BCUT2D eigenvalue weighted by atomic mass is 31.2. The van der Waals surface area contributed by atoms with Crippen LogP contribution < -0.4 is 9.05 Å². The summed E-state index contributed by atoms with van der Waals surface area (Å²) in [5.74, 6) is 1.47. The fourth-order valence-electron chi connectivity index (χ4n) is 8.45. The SMILES string of the molecule is CC(C)(C)c1cc(-c2cc(C(C)(C)C)cc(C(C)(C)C)c2Op2oc3c(C(C)(C)C)cc(C(C)(C)C)cc3c3cc(C(C)(C)C)cc(C(C)(C)C)c3o2)c(OP2OCCCO2)c(C(C)(C)C)c1. The molecule has 8 heteroatoms. The Bertz CT molecular complexity index is 2580. The van der Waals surface area contributed by atoms with E-state index in [0.29, 0.717) is 13.2 Å². The van der Waals surface area contributed by atoms with Gasteiger partial charge in [-0.15, -0.1) is 0 Å². The van der Waals surface area contributed by atoms with E-state index in [9.17, 15) is 0 Å². The minimum absolute atomic E-state index is 0.119. The Labute approximate surface area is 408 Å². The summed E-state index contributed by atoms with van der Waals surface area (Å²) in [6.45, 7) is 55.9. The Morgan fingerprint density at radius 2 is 0.657 bits per heavy atom. The molecule has 368 valence electrons. The van der Waals surface area contributed by atoms with Gasteiger partial charge in [0, 0.05) is 44.2 Å². The van der Waals surface area contributed by atoms with E-state index in [1.54, 1.807) is 0 Å². The summed E-state index contributed by atoms with van der Waals surface area (Å²) >= 11 is 0. The van der Waals surface area contributed by atoms with E-state index in [1.807, 2.05) is 0 Å². The molecular formula is C59H86O6P2. The highest BCUT2D eigenvalue weighted by molar-refractivity contribution is 7.42. The number of rotatable bonds is 5. The lowest BCUT2D eigenvalue weighted by Gasteiger charge is -2.33. The van der Waals surface area contributed by atoms with Gasteiger partial charge in [-0.2, -0.15) is 0 Å². The van der Waals surface area contributed by atoms with Crippen LogP contribution in [0.15, 0.2) is 56.9 Å². The summed E-state index contributed by atoms with van der Waals surface area (Å²) in [7, 11) is -3.77. The molecule has 6 rings (SSSR count). The Morgan fingerprint density at radius 3 is 0.970 bits per heavy atom. The van der Waals surface area contributed by atoms with Crippen LogP contribution in [0.4, 0.5) is 0 Å². The van der Waals surface area contributed by atoms with Crippen LogP contribution in [0, 0.1) is 0 Å². The quantitative estimate of drug-likeness (QED) is 0.164. The third-order valence-electron chi connectivity index (χ3n) is 13.0. The summed E-state index contributed by atoms with van der Waals surface area (Å²) in [6.07, 6.45) is 0.837. The van der Waals surface area contributed by atoms with Crippen molar-refractivity contribution in [2.24, 2.45) is 0 Å². The lowest BCUT2D eigenvalue weighted by molar-refractivity contribution is 0.147. The van der Waals surface area contributed by atoms with Crippen LogP contribution in [0.1, 0.15) is 217 Å². The molecule has 0 N–H and O–H groups in total. The Morgan fingerprint density at radius 1 is 0.358 bits per heavy atom. The molecule has 1 fully saturated rings. The Balaban J connectivity index is 1.88. The zero-order valence-corrected chi connectivity index (χ0v) is 47.9. The van der Waals surface area contributed by atoms with E-state index < -0.39 is 16.8 Å². The summed E-state index contributed by atoms with van der Waals surface area (Å²) in [4.78, 5) is 0. The summed E-state index contributed by atoms with van der Waals surface area (Å²) < 4.78 is 42.1. The first-order chi connectivity index (χ1) is 30.3. The van der Waals surface area contributed by atoms with Crippen molar-refractivity contribution >= 4 is 38.8 Å². The lowest BCUT2D eigenvalue weighted by Crippen LogP contribution is -2.20. The van der Waals surface area contributed by atoms with E-state index in [-0.39, 0.29) is 43.3 Å². The monoisotopic (exact) mass is 953 g/mol. The van der Waals surface area contributed by atoms with Crippen LogP contribution in [0.5, 0.6) is 11.5 Å². The maximum atomic E-state index is 7.69. The molecule has 1 aromatic heterocycles. The standard InChI is InChI=1S/C59H86O6P2/c1-52(2,3)36-28-40(48(44(32-36)56(13,14)15)62-66-60-26-25-27-61-66)41-29-37(53(4,5)6)33-45(57(16,17)18)49(41)63-67-64-50-42(30-38(54(7,8)9)34-46(50)58(19,20)21)43-31-39(55(10,11)12)35-47(51(43)65-67)59(22,23)24/h28-35H,25-27H2,1-24H3. The topological polar surface area (TPSA) is 63.2 Å². The molecule has 1 aliphatic rings. The van der Waals surface area contributed by atoms with E-state index in [4.69, 9.17) is 26.5 Å². The summed E-state index contributed by atoms with van der Waals surface area (Å²) in [5, 5.41) is 2.07. The normalized spacial score (nSPS) is 15.4. The second-order valence-corrected chi connectivity index (χ2v) is 29.6. The van der Waals surface area contributed by atoms with Gasteiger partial charge in [0.05, 0.1) is 13.2 Å². The number of benzene rings is 4. The summed E-state index contributed by atoms with van der Waals surface area (Å²) in [5.41, 5.74) is 11.0. The molecule has 0 unspecified atom stereocenters. The Kier molecular flexibility index (Phi) is 14.1. The molecule has 4 aromatic carbocycles. The van der Waals surface area contributed by atoms with E-state index in [0.717, 1.165) is 73.2 Å². The maximum absolute atomic E-state index is 7.69. The van der Waals surface area contributed by atoms with Crippen LogP contribution in [-0.2, 0) is 52.4 Å². The van der Waals surface area contributed by atoms with Gasteiger partial charge in [0.2, 0.25) is 0 Å². The fourth-order valence-corrected chi connectivity index (χ4v) is 10.7. The first-order valence-corrected chi connectivity index (χ1v) is 26.8. The molecule has 0 atom stereocenters. The van der Waals surface area contributed by atoms with Gasteiger partial charge >= 0.3 is 16.8 Å². The van der Waals surface area contributed by atoms with Crippen LogP contribution in [0.2, 0.25) is 0 Å². The van der Waals surface area contributed by atoms with Crippen molar-refractivity contribution in [1.29, 1.82) is 0 Å². The first-order valence-electron chi connectivity index (χ1n) is 24.6. The van der Waals surface area contributed by atoms with Crippen molar-refractivity contribution in [3.05, 3.63) is 93.0 Å². The van der Waals surface area contributed by atoms with E-state index in [2.05, 4.69) is 215 Å². The average Bonchev–Trinajstić information content (AvgIpc) is 3.30. The maximum Gasteiger partial charge on any atom is 0.453 e. The molecule has 6 nitrogen and oxygen atoms in total. The molecule has 1 aliphatic heterocycles. The largest absolute Gasteiger partial charge is 0.453 e. The van der Waals surface area contributed by atoms with Gasteiger partial charge in [-0.1, -0.05) is 190 Å². The minimum atomic E-state index is -2.13. The average molecular weight is 953 g/mol. The Hall–Kier alpha value is -3.27. The van der Waals surface area contributed by atoms with Crippen molar-refractivity contribution in [3.8, 4) is 22.6 Å². The highest BCUT2D eigenvalue weighted by Crippen LogP contribution is 2.56. The molecule has 0 amide bonds. The smallest absolute Gasteiger partial charge is 0.426 e. The zero-order valence-electron chi connectivity index (χ0n) is 46.1. The molecule has 0 spiro atoms. The molecule has 1 saturated heterocycles. The second-order valence-electron chi connectivity index (χ2n) is 27.4. The molecule has 0 saturated carbocycles. The third kappa shape index (κ3) is 11.7. The number of fused-ring (bicyclic) bond motifs is 3. The molecule has 5 aromatic rings.